The number of hydrazine groups is 1. The molecule has 1 aliphatic heterocycles. The van der Waals surface area contributed by atoms with Crippen LogP contribution in [0.5, 0.6) is 0 Å². The highest BCUT2D eigenvalue weighted by Gasteiger charge is 2.22. The van der Waals surface area contributed by atoms with Gasteiger partial charge in [0.05, 0.1) is 27.9 Å². The number of carbonyl (C=O) groups is 1. The Labute approximate surface area is 173 Å². The molecule has 150 valence electrons. The number of rotatable bonds is 6. The van der Waals surface area contributed by atoms with Gasteiger partial charge in [0.15, 0.2) is 0 Å². The van der Waals surface area contributed by atoms with Gasteiger partial charge >= 0.3 is 0 Å². The van der Waals surface area contributed by atoms with Crippen molar-refractivity contribution in [3.63, 3.8) is 0 Å². The van der Waals surface area contributed by atoms with Crippen LogP contribution >= 0.6 is 11.6 Å². The molecule has 1 amide bonds. The lowest BCUT2D eigenvalue weighted by Gasteiger charge is -2.33. The minimum absolute atomic E-state index is 0.197. The molecule has 3 rings (SSSR count). The molecule has 0 radical (unpaired) electrons. The number of aliphatic imine (C=N–C) groups is 1. The molecule has 9 heteroatoms. The first-order valence-corrected chi connectivity index (χ1v) is 9.47. The fraction of sp³-hybridized carbons (Fsp3) is 0.250. The molecule has 1 fully saturated rings. The summed E-state index contributed by atoms with van der Waals surface area (Å²) >= 11 is 6.08. The Hall–Kier alpha value is -3.12. The second kappa shape index (κ2) is 8.92. The molecule has 0 aliphatic carbocycles. The van der Waals surface area contributed by atoms with Gasteiger partial charge < -0.3 is 21.8 Å². The number of carbonyl (C=O) groups excluding carboxylic acids is 1. The maximum absolute atomic E-state index is 11.6. The number of amidine groups is 1. The Morgan fingerprint density at radius 2 is 2.03 bits per heavy atom. The monoisotopic (exact) mass is 411 g/mol. The van der Waals surface area contributed by atoms with E-state index < -0.39 is 5.91 Å². The number of nitrogen functional groups attached to an aromatic ring is 1. The van der Waals surface area contributed by atoms with E-state index in [-0.39, 0.29) is 17.3 Å². The molecule has 0 spiro atoms. The first-order valence-electron chi connectivity index (χ1n) is 9.09. The van der Waals surface area contributed by atoms with Crippen molar-refractivity contribution in [1.82, 2.24) is 10.3 Å². The molecule has 1 atom stereocenters. The molecule has 7 N–H and O–H groups in total. The minimum Gasteiger partial charge on any atom is -0.397 e. The molecule has 2 aromatic carbocycles. The van der Waals surface area contributed by atoms with Gasteiger partial charge in [-0.3, -0.25) is 9.79 Å². The van der Waals surface area contributed by atoms with E-state index in [9.17, 15) is 10.1 Å². The molecule has 1 aliphatic rings. The van der Waals surface area contributed by atoms with Crippen molar-refractivity contribution in [2.75, 3.05) is 25.4 Å². The van der Waals surface area contributed by atoms with Crippen molar-refractivity contribution in [2.45, 2.75) is 12.5 Å². The van der Waals surface area contributed by atoms with E-state index in [0.717, 1.165) is 25.1 Å². The highest BCUT2D eigenvalue weighted by Crippen LogP contribution is 2.27. The molecule has 1 saturated heterocycles. The Morgan fingerprint density at radius 1 is 1.31 bits per heavy atom. The molecule has 0 saturated carbocycles. The van der Waals surface area contributed by atoms with Crippen LogP contribution in [0, 0.1) is 11.3 Å². The number of nitrogens with two attached hydrogens (primary N) is 3. The van der Waals surface area contributed by atoms with Crippen molar-refractivity contribution in [1.29, 1.82) is 5.26 Å². The van der Waals surface area contributed by atoms with E-state index in [4.69, 9.17) is 33.9 Å². The standard InChI is InChI=1S/C20H22ClN7O/c21-16-6-5-12(9-13(16)10-22)17(11-28-7-2-8-28)26-20(27-25)15-4-1-3-14(18(15)23)19(24)29/h1,3-6,9,17H,2,7-8,11,23,25H2,(H2,24,29)(H,26,27). The second-order valence-electron chi connectivity index (χ2n) is 6.77. The zero-order valence-corrected chi connectivity index (χ0v) is 16.5. The van der Waals surface area contributed by atoms with Gasteiger partial charge in [0.25, 0.3) is 5.91 Å². The van der Waals surface area contributed by atoms with Gasteiger partial charge in [-0.15, -0.1) is 0 Å². The summed E-state index contributed by atoms with van der Waals surface area (Å²) in [4.78, 5) is 18.7. The quantitative estimate of drug-likeness (QED) is 0.186. The molecular formula is C20H22ClN7O. The molecular weight excluding hydrogens is 390 g/mol. The van der Waals surface area contributed by atoms with E-state index in [1.165, 1.54) is 0 Å². The molecule has 29 heavy (non-hydrogen) atoms. The van der Waals surface area contributed by atoms with Crippen LogP contribution < -0.4 is 22.7 Å². The van der Waals surface area contributed by atoms with Gasteiger partial charge in [0, 0.05) is 12.1 Å². The summed E-state index contributed by atoms with van der Waals surface area (Å²) in [5.74, 6) is 5.44. The summed E-state index contributed by atoms with van der Waals surface area (Å²) in [7, 11) is 0. The second-order valence-corrected chi connectivity index (χ2v) is 7.18. The Kier molecular flexibility index (Phi) is 6.34. The highest BCUT2D eigenvalue weighted by atomic mass is 35.5. The number of nitrogens with zero attached hydrogens (tertiary/aromatic N) is 3. The summed E-state index contributed by atoms with van der Waals surface area (Å²) in [5.41, 5.74) is 16.2. The zero-order valence-electron chi connectivity index (χ0n) is 15.7. The molecule has 0 bridgehead atoms. The normalized spacial score (nSPS) is 15.3. The molecule has 0 aromatic heterocycles. The van der Waals surface area contributed by atoms with Crippen LogP contribution in [-0.4, -0.2) is 36.3 Å². The Morgan fingerprint density at radius 3 is 2.62 bits per heavy atom. The van der Waals surface area contributed by atoms with Crippen molar-refractivity contribution < 1.29 is 4.79 Å². The van der Waals surface area contributed by atoms with Crippen LogP contribution in [0.1, 0.15) is 39.5 Å². The lowest BCUT2D eigenvalue weighted by molar-refractivity contribution is 0.100. The summed E-state index contributed by atoms with van der Waals surface area (Å²) in [6.07, 6.45) is 1.14. The van der Waals surface area contributed by atoms with Crippen LogP contribution in [0.2, 0.25) is 5.02 Å². The smallest absolute Gasteiger partial charge is 0.250 e. The third-order valence-electron chi connectivity index (χ3n) is 4.92. The average Bonchev–Trinajstić information content (AvgIpc) is 2.67. The van der Waals surface area contributed by atoms with Gasteiger partial charge in [-0.25, -0.2) is 5.84 Å². The minimum atomic E-state index is -0.630. The van der Waals surface area contributed by atoms with E-state index in [1.54, 1.807) is 30.3 Å². The third-order valence-corrected chi connectivity index (χ3v) is 5.25. The average molecular weight is 412 g/mol. The maximum Gasteiger partial charge on any atom is 0.250 e. The number of anilines is 1. The number of halogens is 1. The molecule has 1 unspecified atom stereocenters. The third kappa shape index (κ3) is 4.49. The number of nitrogens with one attached hydrogen (secondary N) is 1. The van der Waals surface area contributed by atoms with Crippen molar-refractivity contribution >= 4 is 29.0 Å². The van der Waals surface area contributed by atoms with E-state index >= 15 is 0 Å². The number of nitriles is 1. The number of amides is 1. The lowest BCUT2D eigenvalue weighted by Crippen LogP contribution is -2.40. The summed E-state index contributed by atoms with van der Waals surface area (Å²) in [6, 6.07) is 12.0. The van der Waals surface area contributed by atoms with Crippen molar-refractivity contribution in [2.24, 2.45) is 16.6 Å². The fourth-order valence-electron chi connectivity index (χ4n) is 3.19. The van der Waals surface area contributed by atoms with E-state index in [0.29, 0.717) is 28.5 Å². The highest BCUT2D eigenvalue weighted by molar-refractivity contribution is 6.31. The molecule has 2 aromatic rings. The van der Waals surface area contributed by atoms with E-state index in [1.807, 2.05) is 6.07 Å². The van der Waals surface area contributed by atoms with Gasteiger partial charge in [-0.1, -0.05) is 23.7 Å². The van der Waals surface area contributed by atoms with E-state index in [2.05, 4.69) is 16.4 Å². The number of benzene rings is 2. The molecule has 8 nitrogen and oxygen atoms in total. The van der Waals surface area contributed by atoms with Crippen molar-refractivity contribution in [3.05, 3.63) is 63.7 Å². The summed E-state index contributed by atoms with van der Waals surface area (Å²) in [6.45, 7) is 2.61. The summed E-state index contributed by atoms with van der Waals surface area (Å²) < 4.78 is 0. The van der Waals surface area contributed by atoms with Crippen LogP contribution in [0.25, 0.3) is 0 Å². The Bertz CT molecular complexity index is 995. The van der Waals surface area contributed by atoms with Crippen LogP contribution in [0.15, 0.2) is 41.4 Å². The maximum atomic E-state index is 11.6. The van der Waals surface area contributed by atoms with Crippen LogP contribution in [0.4, 0.5) is 5.69 Å². The van der Waals surface area contributed by atoms with Gasteiger partial charge in [0.2, 0.25) is 0 Å². The first kappa shape index (κ1) is 20.6. The number of primary amides is 1. The lowest BCUT2D eigenvalue weighted by atomic mass is 10.0. The van der Waals surface area contributed by atoms with Crippen LogP contribution in [0.3, 0.4) is 0 Å². The number of hydrogen-bond donors (Lipinski definition) is 4. The Balaban J connectivity index is 2.05. The van der Waals surface area contributed by atoms with Gasteiger partial charge in [-0.05, 0) is 49.3 Å². The predicted molar refractivity (Wildman–Crippen MR) is 113 cm³/mol. The van der Waals surface area contributed by atoms with Crippen molar-refractivity contribution in [3.8, 4) is 6.07 Å². The SMILES string of the molecule is N#Cc1cc(C(CN2CCC2)N=C(NN)c2cccc(C(N)=O)c2N)ccc1Cl. The topological polar surface area (TPSA) is 147 Å². The number of hydrogen-bond acceptors (Lipinski definition) is 6. The first-order chi connectivity index (χ1) is 13.9. The molecule has 1 heterocycles. The van der Waals surface area contributed by atoms with Gasteiger partial charge in [0.1, 0.15) is 11.9 Å². The fourth-order valence-corrected chi connectivity index (χ4v) is 3.35. The van der Waals surface area contributed by atoms with Crippen LogP contribution in [-0.2, 0) is 0 Å². The predicted octanol–water partition coefficient (Wildman–Crippen LogP) is 1.55. The number of para-hydroxylation sites is 1. The summed E-state index contributed by atoms with van der Waals surface area (Å²) in [5, 5.41) is 9.70. The largest absolute Gasteiger partial charge is 0.397 e. The van der Waals surface area contributed by atoms with Gasteiger partial charge in [-0.2, -0.15) is 5.26 Å². The zero-order chi connectivity index (χ0) is 21.0. The number of likely N-dealkylation sites (tertiary alicyclic amines) is 1.